The summed E-state index contributed by atoms with van der Waals surface area (Å²) in [5.74, 6) is 0.455. The van der Waals surface area contributed by atoms with Gasteiger partial charge in [0.15, 0.2) is 0 Å². The Balaban J connectivity index is 2.68. The molecule has 1 aliphatic rings. The fraction of sp³-hybridized carbons (Fsp3) is 0.667. The van der Waals surface area contributed by atoms with Crippen LogP contribution in [0, 0.1) is 5.82 Å². The van der Waals surface area contributed by atoms with Gasteiger partial charge in [0, 0.05) is 5.69 Å². The highest BCUT2D eigenvalue weighted by Crippen LogP contribution is 2.52. The van der Waals surface area contributed by atoms with Crippen LogP contribution in [0.15, 0.2) is 6.20 Å². The molecule has 0 aromatic carbocycles. The van der Waals surface area contributed by atoms with Gasteiger partial charge in [-0.15, -0.1) is 0 Å². The Morgan fingerprint density at radius 2 is 1.76 bits per heavy atom. The van der Waals surface area contributed by atoms with Crippen LogP contribution in [0.5, 0.6) is 0 Å². The Hall–Kier alpha value is -0.920. The van der Waals surface area contributed by atoms with Crippen molar-refractivity contribution in [2.75, 3.05) is 0 Å². The third-order valence-corrected chi connectivity index (χ3v) is 3.83. The van der Waals surface area contributed by atoms with Crippen LogP contribution in [0.25, 0.3) is 0 Å². The molecule has 0 unspecified atom stereocenters. The highest BCUT2D eigenvalue weighted by Gasteiger charge is 2.44. The van der Waals surface area contributed by atoms with Crippen LogP contribution in [0.4, 0.5) is 4.39 Å². The zero-order valence-corrected chi connectivity index (χ0v) is 11.5. The van der Waals surface area contributed by atoms with Crippen molar-refractivity contribution in [3.63, 3.8) is 0 Å². The number of nitrogens with zero attached hydrogens (tertiary/aromatic N) is 1. The number of rotatable bonds is 3. The zero-order valence-electron chi connectivity index (χ0n) is 11.5. The molecule has 94 valence electrons. The molecule has 0 N–H and O–H groups in total. The van der Waals surface area contributed by atoms with Crippen LogP contribution in [0.2, 0.25) is 0 Å². The summed E-state index contributed by atoms with van der Waals surface area (Å²) >= 11 is 0. The maximum Gasteiger partial charge on any atom is 0.145 e. The summed E-state index contributed by atoms with van der Waals surface area (Å²) in [5, 5.41) is 0. The van der Waals surface area contributed by atoms with E-state index in [-0.39, 0.29) is 17.2 Å². The van der Waals surface area contributed by atoms with Gasteiger partial charge in [0.05, 0.1) is 6.20 Å². The lowest BCUT2D eigenvalue weighted by Crippen LogP contribution is -2.15. The first-order chi connectivity index (χ1) is 7.87. The van der Waals surface area contributed by atoms with E-state index in [0.717, 1.165) is 24.1 Å². The van der Waals surface area contributed by atoms with Crippen molar-refractivity contribution in [3.8, 4) is 0 Å². The number of pyridine rings is 1. The molecule has 1 aromatic rings. The van der Waals surface area contributed by atoms with Crippen molar-refractivity contribution in [1.82, 2.24) is 4.98 Å². The summed E-state index contributed by atoms with van der Waals surface area (Å²) < 4.78 is 14.0. The van der Waals surface area contributed by atoms with E-state index in [1.807, 2.05) is 0 Å². The molecule has 0 bridgehead atoms. The molecule has 1 nitrogen and oxygen atoms in total. The Bertz CT molecular complexity index is 431. The maximum atomic E-state index is 14.0. The molecular weight excluding hydrogens is 213 g/mol. The van der Waals surface area contributed by atoms with Crippen molar-refractivity contribution in [2.24, 2.45) is 0 Å². The quantitative estimate of drug-likeness (QED) is 0.750. The van der Waals surface area contributed by atoms with Gasteiger partial charge in [-0.2, -0.15) is 0 Å². The largest absolute Gasteiger partial charge is 0.258 e. The second-order valence-electron chi connectivity index (χ2n) is 6.15. The van der Waals surface area contributed by atoms with Gasteiger partial charge in [0.25, 0.3) is 0 Å². The molecule has 0 aliphatic heterocycles. The first kappa shape index (κ1) is 12.5. The molecule has 1 saturated carbocycles. The topological polar surface area (TPSA) is 12.9 Å². The Morgan fingerprint density at radius 3 is 2.18 bits per heavy atom. The minimum atomic E-state index is -0.132. The molecule has 0 saturated heterocycles. The van der Waals surface area contributed by atoms with Gasteiger partial charge in [0.1, 0.15) is 5.82 Å². The standard InChI is InChI=1S/C15H22FN/c1-9(2)12-11(16)8-17-14(10(3)4)13(12)15(5)6-7-15/h8-10H,6-7H2,1-5H3. The van der Waals surface area contributed by atoms with Crippen LogP contribution in [-0.2, 0) is 5.41 Å². The number of halogens is 1. The van der Waals surface area contributed by atoms with Gasteiger partial charge < -0.3 is 0 Å². The summed E-state index contributed by atoms with van der Waals surface area (Å²) in [6.07, 6.45) is 3.73. The van der Waals surface area contributed by atoms with Crippen molar-refractivity contribution >= 4 is 0 Å². The minimum absolute atomic E-state index is 0.132. The second-order valence-corrected chi connectivity index (χ2v) is 6.15. The van der Waals surface area contributed by atoms with Crippen LogP contribution in [-0.4, -0.2) is 4.98 Å². The highest BCUT2D eigenvalue weighted by molar-refractivity contribution is 5.44. The summed E-state index contributed by atoms with van der Waals surface area (Å²) in [5.41, 5.74) is 3.36. The molecule has 1 fully saturated rings. The molecule has 0 amide bonds. The number of hydrogen-bond donors (Lipinski definition) is 0. The molecule has 0 radical (unpaired) electrons. The Kier molecular flexibility index (Phi) is 3.01. The van der Waals surface area contributed by atoms with E-state index in [1.165, 1.54) is 11.8 Å². The van der Waals surface area contributed by atoms with Crippen LogP contribution in [0.3, 0.4) is 0 Å². The second kappa shape index (κ2) is 4.08. The zero-order chi connectivity index (χ0) is 12.8. The van der Waals surface area contributed by atoms with E-state index < -0.39 is 0 Å². The predicted molar refractivity (Wildman–Crippen MR) is 69.0 cm³/mol. The lowest BCUT2D eigenvalue weighted by Gasteiger charge is -2.23. The first-order valence-electron chi connectivity index (χ1n) is 6.55. The van der Waals surface area contributed by atoms with Gasteiger partial charge in [-0.3, -0.25) is 4.98 Å². The van der Waals surface area contributed by atoms with E-state index in [9.17, 15) is 4.39 Å². The minimum Gasteiger partial charge on any atom is -0.258 e. The van der Waals surface area contributed by atoms with E-state index in [0.29, 0.717) is 5.92 Å². The van der Waals surface area contributed by atoms with Gasteiger partial charge >= 0.3 is 0 Å². The van der Waals surface area contributed by atoms with Crippen LogP contribution in [0.1, 0.15) is 76.1 Å². The van der Waals surface area contributed by atoms with E-state index in [1.54, 1.807) is 0 Å². The third-order valence-electron chi connectivity index (χ3n) is 3.83. The third kappa shape index (κ3) is 2.10. The monoisotopic (exact) mass is 235 g/mol. The van der Waals surface area contributed by atoms with Gasteiger partial charge in [-0.05, 0) is 41.2 Å². The smallest absolute Gasteiger partial charge is 0.145 e. The molecule has 0 spiro atoms. The van der Waals surface area contributed by atoms with Crippen molar-refractivity contribution in [2.45, 2.75) is 64.7 Å². The average Bonchev–Trinajstić information content (AvgIpc) is 2.96. The van der Waals surface area contributed by atoms with Crippen LogP contribution >= 0.6 is 0 Å². The highest BCUT2D eigenvalue weighted by atomic mass is 19.1. The van der Waals surface area contributed by atoms with Crippen molar-refractivity contribution in [3.05, 3.63) is 28.8 Å². The number of aromatic nitrogens is 1. The van der Waals surface area contributed by atoms with E-state index >= 15 is 0 Å². The molecule has 0 atom stereocenters. The lowest BCUT2D eigenvalue weighted by molar-refractivity contribution is 0.568. The fourth-order valence-corrected chi connectivity index (χ4v) is 2.59. The summed E-state index contributed by atoms with van der Waals surface area (Å²) in [4.78, 5) is 4.35. The maximum absolute atomic E-state index is 14.0. The van der Waals surface area contributed by atoms with Crippen molar-refractivity contribution in [1.29, 1.82) is 0 Å². The molecule has 2 heteroatoms. The van der Waals surface area contributed by atoms with E-state index in [2.05, 4.69) is 39.6 Å². The molecule has 2 rings (SSSR count). The molecule has 1 aliphatic carbocycles. The van der Waals surface area contributed by atoms with E-state index in [4.69, 9.17) is 0 Å². The fourth-order valence-electron chi connectivity index (χ4n) is 2.59. The SMILES string of the molecule is CC(C)c1ncc(F)c(C(C)C)c1C1(C)CC1. The molecule has 1 heterocycles. The van der Waals surface area contributed by atoms with Gasteiger partial charge in [-0.25, -0.2) is 4.39 Å². The Morgan fingerprint density at radius 1 is 1.18 bits per heavy atom. The summed E-state index contributed by atoms with van der Waals surface area (Å²) in [6, 6.07) is 0. The average molecular weight is 235 g/mol. The van der Waals surface area contributed by atoms with Gasteiger partial charge in [0.2, 0.25) is 0 Å². The normalized spacial score (nSPS) is 17.9. The first-order valence-corrected chi connectivity index (χ1v) is 6.55. The lowest BCUT2D eigenvalue weighted by atomic mass is 9.84. The predicted octanol–water partition coefficient (Wildman–Crippen LogP) is 4.52. The molecule has 17 heavy (non-hydrogen) atoms. The van der Waals surface area contributed by atoms with Crippen molar-refractivity contribution < 1.29 is 4.39 Å². The number of hydrogen-bond acceptors (Lipinski definition) is 1. The summed E-state index contributed by atoms with van der Waals surface area (Å²) in [7, 11) is 0. The molecule has 1 aromatic heterocycles. The Labute approximate surface area is 103 Å². The van der Waals surface area contributed by atoms with Crippen LogP contribution < -0.4 is 0 Å². The summed E-state index contributed by atoms with van der Waals surface area (Å²) in [6.45, 7) is 10.6. The molecular formula is C15H22FN. The van der Waals surface area contributed by atoms with Gasteiger partial charge in [-0.1, -0.05) is 34.6 Å².